The van der Waals surface area contributed by atoms with Crippen molar-refractivity contribution < 1.29 is 13.2 Å². The summed E-state index contributed by atoms with van der Waals surface area (Å²) in [5.41, 5.74) is 3.20. The second-order valence-corrected chi connectivity index (χ2v) is 6.40. The third-order valence-corrected chi connectivity index (χ3v) is 4.54. The Labute approximate surface area is 129 Å². The molecule has 4 N–H and O–H groups in total. The van der Waals surface area contributed by atoms with Gasteiger partial charge in [0.05, 0.1) is 4.90 Å². The predicted molar refractivity (Wildman–Crippen MR) is 83.4 cm³/mol. The third-order valence-electron chi connectivity index (χ3n) is 3.09. The number of nitrogens with two attached hydrogens (primary N) is 1. The maximum Gasteiger partial charge on any atom is 0.265 e. The topological polar surface area (TPSA) is 101 Å². The summed E-state index contributed by atoms with van der Waals surface area (Å²) in [4.78, 5) is 11.5. The highest BCUT2D eigenvalue weighted by atomic mass is 32.2. The van der Waals surface area contributed by atoms with Crippen molar-refractivity contribution in [3.05, 3.63) is 65.7 Å². The first-order valence-corrected chi connectivity index (χ1v) is 8.16. The molecule has 2 rings (SSSR count). The normalized spacial score (nSPS) is 11.1. The summed E-state index contributed by atoms with van der Waals surface area (Å²) in [5.74, 6) is 4.50. The van der Waals surface area contributed by atoms with Gasteiger partial charge in [0.1, 0.15) is 0 Å². The van der Waals surface area contributed by atoms with Gasteiger partial charge in [0.25, 0.3) is 5.91 Å². The fraction of sp³-hybridized carbons (Fsp3) is 0.133. The second kappa shape index (κ2) is 7.17. The van der Waals surface area contributed by atoms with Crippen LogP contribution >= 0.6 is 0 Å². The van der Waals surface area contributed by atoms with Crippen molar-refractivity contribution in [3.8, 4) is 0 Å². The number of nitrogens with one attached hydrogen (secondary N) is 2. The molecule has 2 aromatic carbocycles. The van der Waals surface area contributed by atoms with Crippen LogP contribution in [0.15, 0.2) is 59.5 Å². The van der Waals surface area contributed by atoms with E-state index in [1.54, 1.807) is 0 Å². The van der Waals surface area contributed by atoms with Gasteiger partial charge in [-0.2, -0.15) is 0 Å². The fourth-order valence-electron chi connectivity index (χ4n) is 1.95. The zero-order chi connectivity index (χ0) is 16.0. The average molecular weight is 319 g/mol. The van der Waals surface area contributed by atoms with Crippen LogP contribution in [0.4, 0.5) is 0 Å². The molecule has 0 saturated heterocycles. The minimum Gasteiger partial charge on any atom is -0.290 e. The van der Waals surface area contributed by atoms with E-state index in [0.717, 1.165) is 5.56 Å². The Bertz CT molecular complexity index is 746. The highest BCUT2D eigenvalue weighted by Gasteiger charge is 2.15. The lowest BCUT2D eigenvalue weighted by atomic mass is 10.2. The molecule has 7 heteroatoms. The van der Waals surface area contributed by atoms with E-state index in [4.69, 9.17) is 5.84 Å². The van der Waals surface area contributed by atoms with Crippen LogP contribution in [-0.4, -0.2) is 20.9 Å². The number of carbonyl (C=O) groups excluding carboxylic acids is 1. The number of hydrogen-bond donors (Lipinski definition) is 3. The number of benzene rings is 2. The summed E-state index contributed by atoms with van der Waals surface area (Å²) in [6.07, 6.45) is 0.586. The van der Waals surface area contributed by atoms with Crippen molar-refractivity contribution in [2.24, 2.45) is 5.84 Å². The molecule has 0 bridgehead atoms. The van der Waals surface area contributed by atoms with E-state index in [-0.39, 0.29) is 17.0 Å². The van der Waals surface area contributed by atoms with E-state index in [1.807, 2.05) is 35.8 Å². The number of rotatable bonds is 6. The number of hydrogen-bond acceptors (Lipinski definition) is 4. The summed E-state index contributed by atoms with van der Waals surface area (Å²) in [6, 6.07) is 15.3. The highest BCUT2D eigenvalue weighted by Crippen LogP contribution is 2.11. The molecule has 0 aliphatic carbocycles. The van der Waals surface area contributed by atoms with E-state index >= 15 is 0 Å². The third kappa shape index (κ3) is 4.14. The van der Waals surface area contributed by atoms with Gasteiger partial charge in [-0.1, -0.05) is 36.4 Å². The van der Waals surface area contributed by atoms with Crippen LogP contribution in [0.5, 0.6) is 0 Å². The minimum atomic E-state index is -3.67. The maximum absolute atomic E-state index is 12.2. The first kappa shape index (κ1) is 16.2. The van der Waals surface area contributed by atoms with Crippen molar-refractivity contribution in [1.29, 1.82) is 0 Å². The van der Waals surface area contributed by atoms with Crippen LogP contribution in [0.2, 0.25) is 0 Å². The second-order valence-electron chi connectivity index (χ2n) is 4.63. The summed E-state index contributed by atoms with van der Waals surface area (Å²) in [7, 11) is -3.67. The van der Waals surface area contributed by atoms with Crippen LogP contribution in [0.25, 0.3) is 0 Å². The molecule has 0 unspecified atom stereocenters. The summed E-state index contributed by atoms with van der Waals surface area (Å²) >= 11 is 0. The Morgan fingerprint density at radius 3 is 2.45 bits per heavy atom. The molecular weight excluding hydrogens is 302 g/mol. The Balaban J connectivity index is 2.05. The van der Waals surface area contributed by atoms with Crippen molar-refractivity contribution in [2.45, 2.75) is 11.3 Å². The molecule has 0 spiro atoms. The van der Waals surface area contributed by atoms with Gasteiger partial charge in [0, 0.05) is 12.1 Å². The van der Waals surface area contributed by atoms with Crippen molar-refractivity contribution in [1.82, 2.24) is 10.1 Å². The monoisotopic (exact) mass is 319 g/mol. The van der Waals surface area contributed by atoms with Crippen molar-refractivity contribution in [2.75, 3.05) is 6.54 Å². The van der Waals surface area contributed by atoms with Crippen LogP contribution in [0.3, 0.4) is 0 Å². The van der Waals surface area contributed by atoms with Gasteiger partial charge in [-0.25, -0.2) is 19.0 Å². The lowest BCUT2D eigenvalue weighted by Gasteiger charge is -2.08. The molecule has 22 heavy (non-hydrogen) atoms. The van der Waals surface area contributed by atoms with Crippen molar-refractivity contribution >= 4 is 15.9 Å². The standard InChI is InChI=1S/C15H17N3O3S/c16-18-15(19)13-7-4-8-14(11-13)22(20,21)17-10-9-12-5-2-1-3-6-12/h1-8,11,17H,9-10,16H2,(H,18,19). The van der Waals surface area contributed by atoms with Crippen LogP contribution in [0, 0.1) is 0 Å². The minimum absolute atomic E-state index is 0.0293. The number of hydrazine groups is 1. The van der Waals surface area contributed by atoms with Gasteiger partial charge in [0.2, 0.25) is 10.0 Å². The molecule has 6 nitrogen and oxygen atoms in total. The summed E-state index contributed by atoms with van der Waals surface area (Å²) < 4.78 is 26.9. The zero-order valence-electron chi connectivity index (χ0n) is 11.8. The van der Waals surface area contributed by atoms with Gasteiger partial charge in [-0.15, -0.1) is 0 Å². The number of nitrogen functional groups attached to an aromatic ring is 1. The Morgan fingerprint density at radius 1 is 1.05 bits per heavy atom. The van der Waals surface area contributed by atoms with Gasteiger partial charge in [0.15, 0.2) is 0 Å². The van der Waals surface area contributed by atoms with E-state index in [1.165, 1.54) is 24.3 Å². The largest absolute Gasteiger partial charge is 0.290 e. The Kier molecular flexibility index (Phi) is 5.26. The van der Waals surface area contributed by atoms with Crippen molar-refractivity contribution in [3.63, 3.8) is 0 Å². The molecule has 2 aromatic rings. The molecule has 0 radical (unpaired) electrons. The van der Waals surface area contributed by atoms with Gasteiger partial charge in [-0.3, -0.25) is 10.2 Å². The zero-order valence-corrected chi connectivity index (χ0v) is 12.6. The molecule has 0 aliphatic heterocycles. The summed E-state index contributed by atoms with van der Waals surface area (Å²) in [5, 5.41) is 0. The lowest BCUT2D eigenvalue weighted by Crippen LogP contribution is -2.30. The Morgan fingerprint density at radius 2 is 1.77 bits per heavy atom. The number of sulfonamides is 1. The van der Waals surface area contributed by atoms with Gasteiger partial charge in [-0.05, 0) is 30.2 Å². The average Bonchev–Trinajstić information content (AvgIpc) is 2.55. The fourth-order valence-corrected chi connectivity index (χ4v) is 3.02. The highest BCUT2D eigenvalue weighted by molar-refractivity contribution is 7.89. The smallest absolute Gasteiger partial charge is 0.265 e. The molecule has 0 heterocycles. The van der Waals surface area contributed by atoms with Gasteiger partial charge >= 0.3 is 0 Å². The first-order chi connectivity index (χ1) is 10.5. The quantitative estimate of drug-likeness (QED) is 0.416. The molecule has 116 valence electrons. The maximum atomic E-state index is 12.2. The molecule has 1 amide bonds. The molecular formula is C15H17N3O3S. The van der Waals surface area contributed by atoms with Gasteiger partial charge < -0.3 is 0 Å². The van der Waals surface area contributed by atoms with E-state index in [2.05, 4.69) is 4.72 Å². The molecule has 0 aliphatic rings. The Hall–Kier alpha value is -2.22. The number of amides is 1. The van der Waals surface area contributed by atoms with Crippen LogP contribution in [-0.2, 0) is 16.4 Å². The summed E-state index contributed by atoms with van der Waals surface area (Å²) in [6.45, 7) is 0.277. The predicted octanol–water partition coefficient (Wildman–Crippen LogP) is 0.811. The van der Waals surface area contributed by atoms with E-state index < -0.39 is 15.9 Å². The van der Waals surface area contributed by atoms with E-state index in [0.29, 0.717) is 6.42 Å². The molecule has 0 atom stereocenters. The number of carbonyl (C=O) groups is 1. The molecule has 0 saturated carbocycles. The molecule has 0 aromatic heterocycles. The van der Waals surface area contributed by atoms with Crippen LogP contribution in [0.1, 0.15) is 15.9 Å². The first-order valence-electron chi connectivity index (χ1n) is 6.67. The SMILES string of the molecule is NNC(=O)c1cccc(S(=O)(=O)NCCc2ccccc2)c1. The van der Waals surface area contributed by atoms with Crippen LogP contribution < -0.4 is 16.0 Å². The van der Waals surface area contributed by atoms with E-state index in [9.17, 15) is 13.2 Å². The molecule has 0 fully saturated rings. The lowest BCUT2D eigenvalue weighted by molar-refractivity contribution is 0.0953.